The van der Waals surface area contributed by atoms with E-state index in [9.17, 15) is 0 Å². The van der Waals surface area contributed by atoms with Crippen molar-refractivity contribution in [3.05, 3.63) is 35.8 Å². The van der Waals surface area contributed by atoms with Crippen LogP contribution in [0.2, 0.25) is 0 Å². The van der Waals surface area contributed by atoms with Gasteiger partial charge in [0.15, 0.2) is 0 Å². The number of rotatable bonds is 5. The van der Waals surface area contributed by atoms with E-state index in [1.807, 2.05) is 0 Å². The maximum atomic E-state index is 5.68. The molecule has 0 spiro atoms. The van der Waals surface area contributed by atoms with E-state index in [1.165, 1.54) is 11.1 Å². The van der Waals surface area contributed by atoms with Crippen molar-refractivity contribution < 1.29 is 4.74 Å². The van der Waals surface area contributed by atoms with Gasteiger partial charge in [-0.3, -0.25) is 0 Å². The second-order valence-corrected chi connectivity index (χ2v) is 9.46. The van der Waals surface area contributed by atoms with Crippen molar-refractivity contribution in [1.29, 1.82) is 0 Å². The Hall–Kier alpha value is -2.67. The number of fused-ring (bicyclic) bond motifs is 1. The van der Waals surface area contributed by atoms with E-state index in [0.717, 1.165) is 43.1 Å². The molecule has 3 N–H and O–H groups in total. The first-order chi connectivity index (χ1) is 14.2. The van der Waals surface area contributed by atoms with Gasteiger partial charge in [0.25, 0.3) is 0 Å². The normalized spacial score (nSPS) is 21.3. The number of nitrogens with zero attached hydrogens (tertiary/aromatic N) is 4. The van der Waals surface area contributed by atoms with Crippen molar-refractivity contribution in [2.24, 2.45) is 0 Å². The van der Waals surface area contributed by atoms with E-state index in [-0.39, 0.29) is 17.0 Å². The molecule has 0 radical (unpaired) electrons. The summed E-state index contributed by atoms with van der Waals surface area (Å²) in [6, 6.07) is 2.54. The summed E-state index contributed by atoms with van der Waals surface area (Å²) < 4.78 is 5.51. The van der Waals surface area contributed by atoms with Crippen LogP contribution in [-0.4, -0.2) is 44.6 Å². The number of hydrogen-bond donors (Lipinski definition) is 2. The zero-order chi connectivity index (χ0) is 21.5. The molecule has 2 aromatic rings. The first-order valence-electron chi connectivity index (χ1n) is 10.7. The molecule has 0 aliphatic carbocycles. The second-order valence-electron chi connectivity index (χ2n) is 9.46. The molecule has 7 heteroatoms. The molecule has 1 saturated heterocycles. The van der Waals surface area contributed by atoms with E-state index in [2.05, 4.69) is 73.1 Å². The van der Waals surface area contributed by atoms with Crippen molar-refractivity contribution in [3.8, 4) is 11.3 Å². The number of nitrogen functional groups attached to an aromatic ring is 1. The lowest BCUT2D eigenvalue weighted by molar-refractivity contribution is -0.0834. The average Bonchev–Trinajstić information content (AvgIpc) is 2.61. The summed E-state index contributed by atoms with van der Waals surface area (Å²) in [6.07, 6.45) is 10.0. The molecule has 0 aromatic carbocycles. The smallest absolute Gasteiger partial charge is 0.219 e. The number of hydrogen-bond acceptors (Lipinski definition) is 7. The van der Waals surface area contributed by atoms with Crippen LogP contribution in [0.1, 0.15) is 58.6 Å². The number of nitrogens with one attached hydrogen (secondary N) is 1. The third-order valence-corrected chi connectivity index (χ3v) is 5.78. The fraction of sp³-hybridized carbons (Fsp3) is 0.522. The first kappa shape index (κ1) is 20.6. The van der Waals surface area contributed by atoms with Gasteiger partial charge < -0.3 is 20.7 Å². The van der Waals surface area contributed by atoms with Gasteiger partial charge in [-0.1, -0.05) is 13.3 Å². The highest BCUT2D eigenvalue weighted by Gasteiger charge is 2.43. The molecule has 4 rings (SSSR count). The first-order valence-corrected chi connectivity index (χ1v) is 10.7. The summed E-state index contributed by atoms with van der Waals surface area (Å²) in [6.45, 7) is 12.6. The number of anilines is 2. The van der Waals surface area contributed by atoms with Crippen LogP contribution in [0, 0.1) is 0 Å². The van der Waals surface area contributed by atoms with Crippen LogP contribution >= 0.6 is 0 Å². The molecule has 0 unspecified atom stereocenters. The molecular weight excluding hydrogens is 376 g/mol. The molecule has 2 aliphatic heterocycles. The molecule has 160 valence electrons. The lowest BCUT2D eigenvalue weighted by Crippen LogP contribution is -2.56. The zero-order valence-electron chi connectivity index (χ0n) is 18.6. The van der Waals surface area contributed by atoms with Gasteiger partial charge in [-0.25, -0.2) is 15.0 Å². The van der Waals surface area contributed by atoms with Gasteiger partial charge in [-0.05, 0) is 51.8 Å². The maximum Gasteiger partial charge on any atom is 0.219 e. The van der Waals surface area contributed by atoms with Crippen molar-refractivity contribution >= 4 is 17.8 Å². The molecule has 4 heterocycles. The third kappa shape index (κ3) is 3.74. The van der Waals surface area contributed by atoms with E-state index in [4.69, 9.17) is 15.5 Å². The Morgan fingerprint density at radius 3 is 2.53 bits per heavy atom. The van der Waals surface area contributed by atoms with Gasteiger partial charge in [0.2, 0.25) is 5.95 Å². The van der Waals surface area contributed by atoms with Gasteiger partial charge >= 0.3 is 0 Å². The third-order valence-electron chi connectivity index (χ3n) is 5.78. The van der Waals surface area contributed by atoms with Crippen LogP contribution < -0.4 is 11.1 Å². The van der Waals surface area contributed by atoms with E-state index in [1.54, 1.807) is 12.4 Å². The Bertz CT molecular complexity index is 945. The van der Waals surface area contributed by atoms with Crippen LogP contribution in [0.25, 0.3) is 17.3 Å². The second kappa shape index (κ2) is 7.54. The SMILES string of the molecule is CCC[C@]1(C)c2c(cc(-c3cnc(N)nc3)nc2NC(C)(C)C)C=CN1C1COC1. The highest BCUT2D eigenvalue weighted by molar-refractivity contribution is 5.73. The fourth-order valence-corrected chi connectivity index (χ4v) is 4.43. The van der Waals surface area contributed by atoms with Crippen LogP contribution in [0.15, 0.2) is 24.7 Å². The molecule has 7 nitrogen and oxygen atoms in total. The van der Waals surface area contributed by atoms with Crippen molar-refractivity contribution in [2.45, 2.75) is 64.6 Å². The Kier molecular flexibility index (Phi) is 5.18. The fourth-order valence-electron chi connectivity index (χ4n) is 4.43. The van der Waals surface area contributed by atoms with Crippen LogP contribution in [0.3, 0.4) is 0 Å². The Morgan fingerprint density at radius 2 is 1.97 bits per heavy atom. The van der Waals surface area contributed by atoms with Gasteiger partial charge in [0.05, 0.1) is 30.5 Å². The molecule has 30 heavy (non-hydrogen) atoms. The highest BCUT2D eigenvalue weighted by atomic mass is 16.5. The highest BCUT2D eigenvalue weighted by Crippen LogP contribution is 2.46. The van der Waals surface area contributed by atoms with Gasteiger partial charge in [-0.2, -0.15) is 0 Å². The average molecular weight is 409 g/mol. The summed E-state index contributed by atoms with van der Waals surface area (Å²) in [5.41, 5.74) is 9.50. The minimum atomic E-state index is -0.163. The monoisotopic (exact) mass is 408 g/mol. The van der Waals surface area contributed by atoms with Crippen molar-refractivity contribution in [3.63, 3.8) is 0 Å². The lowest BCUT2D eigenvalue weighted by atomic mass is 9.79. The molecule has 2 aromatic heterocycles. The van der Waals surface area contributed by atoms with Crippen molar-refractivity contribution in [1.82, 2.24) is 19.9 Å². The van der Waals surface area contributed by atoms with Crippen molar-refractivity contribution in [2.75, 3.05) is 24.3 Å². The minimum Gasteiger partial charge on any atom is -0.377 e. The number of pyridine rings is 1. The molecule has 1 fully saturated rings. The van der Waals surface area contributed by atoms with Gasteiger partial charge in [0, 0.05) is 35.3 Å². The van der Waals surface area contributed by atoms with Crippen LogP contribution in [0.4, 0.5) is 11.8 Å². The molecule has 0 bridgehead atoms. The molecule has 0 amide bonds. The van der Waals surface area contributed by atoms with E-state index >= 15 is 0 Å². The summed E-state index contributed by atoms with van der Waals surface area (Å²) >= 11 is 0. The molecule has 2 aliphatic rings. The quantitative estimate of drug-likeness (QED) is 0.772. The number of aromatic nitrogens is 3. The standard InChI is InChI=1S/C23H32N6O/c1-6-8-23(5)19-15(7-9-29(23)17-13-30-14-17)10-18(16-11-25-21(24)26-12-16)27-20(19)28-22(2,3)4/h7,9-12,17H,6,8,13-14H2,1-5H3,(H,27,28)(H2,24,25,26)/t23-/m1/s1. The summed E-state index contributed by atoms with van der Waals surface area (Å²) in [5.74, 6) is 1.18. The Morgan fingerprint density at radius 1 is 1.27 bits per heavy atom. The predicted octanol–water partition coefficient (Wildman–Crippen LogP) is 4.03. The Labute approximate surface area is 178 Å². The topological polar surface area (TPSA) is 89.2 Å². The van der Waals surface area contributed by atoms with E-state index in [0.29, 0.717) is 6.04 Å². The van der Waals surface area contributed by atoms with E-state index < -0.39 is 0 Å². The Balaban J connectivity index is 1.89. The lowest BCUT2D eigenvalue weighted by Gasteiger charge is -2.51. The number of nitrogens with two attached hydrogens (primary N) is 1. The minimum absolute atomic E-state index is 0.129. The van der Waals surface area contributed by atoms with Gasteiger partial charge in [0.1, 0.15) is 5.82 Å². The number of ether oxygens (including phenoxy) is 1. The van der Waals surface area contributed by atoms with Gasteiger partial charge in [-0.15, -0.1) is 0 Å². The summed E-state index contributed by atoms with van der Waals surface area (Å²) in [5, 5.41) is 3.67. The zero-order valence-corrected chi connectivity index (χ0v) is 18.6. The summed E-state index contributed by atoms with van der Waals surface area (Å²) in [4.78, 5) is 15.8. The molecule has 0 saturated carbocycles. The predicted molar refractivity (Wildman–Crippen MR) is 121 cm³/mol. The van der Waals surface area contributed by atoms with Crippen LogP contribution in [0.5, 0.6) is 0 Å². The molecular formula is C23H32N6O. The van der Waals surface area contributed by atoms with Crippen LogP contribution in [-0.2, 0) is 10.3 Å². The molecule has 1 atom stereocenters. The maximum absolute atomic E-state index is 5.68. The largest absolute Gasteiger partial charge is 0.377 e. The summed E-state index contributed by atoms with van der Waals surface area (Å²) in [7, 11) is 0.